The first-order chi connectivity index (χ1) is 42.1. The maximum atomic E-state index is 13.9. The highest BCUT2D eigenvalue weighted by molar-refractivity contribution is 6.76. The number of ether oxygens (including phenoxy) is 4. The third kappa shape index (κ3) is 18.9. The molecule has 0 radical (unpaired) electrons. The molecule has 14 nitrogen and oxygen atoms in total. The minimum Gasteiger partial charge on any atom is -0.370 e. The average molecular weight is 1190 g/mol. The lowest BCUT2D eigenvalue weighted by Crippen LogP contribution is -2.44. The van der Waals surface area contributed by atoms with Crippen molar-refractivity contribution in [3.05, 3.63) is 106 Å². The zero-order valence-corrected chi connectivity index (χ0v) is 55.7. The van der Waals surface area contributed by atoms with Gasteiger partial charge in [-0.2, -0.15) is 10.5 Å². The van der Waals surface area contributed by atoms with Crippen LogP contribution in [0.4, 0.5) is 0 Å². The van der Waals surface area contributed by atoms with E-state index in [4.69, 9.17) is 39.9 Å². The maximum absolute atomic E-state index is 13.9. The van der Waals surface area contributed by atoms with E-state index in [1.165, 1.54) is 12.4 Å². The number of aromatic nitrogens is 6. The summed E-state index contributed by atoms with van der Waals surface area (Å²) >= 11 is 0. The standard InChI is InChI=1S/2C34H50N4O3Si/c2*1-32(2)14-12-24(13-15-32)30-25(10-11-28(37-30)26-19-33(3,4)41-34(5,6)20-26)18-29(39)31-36-27(21-35)22-38(31)23-40-16-17-42(7,8)9/h2*10-12,22,26H,13-20,23H2,1-9H3/i12D,13D2,15D;12D,13D2,14D. The normalized spacial score (nSPS) is 24.7. The number of nitriles is 2. The number of nitrogens with zero attached hydrogens (tertiary/aromatic N) is 8. The van der Waals surface area contributed by atoms with E-state index in [2.05, 4.69) is 105 Å². The van der Waals surface area contributed by atoms with Crippen molar-refractivity contribution in [3.63, 3.8) is 0 Å². The Kier molecular flexibility index (Phi) is 17.2. The number of imidazole rings is 2. The van der Waals surface area contributed by atoms with Crippen molar-refractivity contribution in [2.24, 2.45) is 10.8 Å². The van der Waals surface area contributed by atoms with Gasteiger partial charge in [0.15, 0.2) is 23.0 Å². The average Bonchev–Trinajstić information content (AvgIpc) is 0.886. The van der Waals surface area contributed by atoms with Gasteiger partial charge in [-0.3, -0.25) is 19.6 Å². The summed E-state index contributed by atoms with van der Waals surface area (Å²) in [5, 5.41) is 19.1. The summed E-state index contributed by atoms with van der Waals surface area (Å²) in [5.74, 6) is -0.547. The Bertz CT molecular complexity index is 3530. The molecular formula is C68H100N8O6Si2. The maximum Gasteiger partial charge on any atom is 0.202 e. The van der Waals surface area contributed by atoms with Gasteiger partial charge in [-0.25, -0.2) is 9.97 Å². The van der Waals surface area contributed by atoms with Crippen LogP contribution in [-0.4, -0.2) is 92.4 Å². The van der Waals surface area contributed by atoms with Gasteiger partial charge in [0.2, 0.25) is 11.6 Å². The number of carbonyl (C=O) groups excluding carboxylic acids is 2. The molecule has 16 heteroatoms. The molecule has 2 aliphatic heterocycles. The summed E-state index contributed by atoms with van der Waals surface area (Å²) in [5.41, 5.74) is 0.184. The summed E-state index contributed by atoms with van der Waals surface area (Å²) in [7, 11) is -2.64. The third-order valence-corrected chi connectivity index (χ3v) is 18.9. The van der Waals surface area contributed by atoms with Crippen LogP contribution in [0.3, 0.4) is 0 Å². The second kappa shape index (κ2) is 26.0. The Morgan fingerprint density at radius 3 is 1.42 bits per heavy atom. The molecule has 0 bridgehead atoms. The molecule has 4 aromatic rings. The minimum absolute atomic E-state index is 0.0140. The molecular weight excluding hydrogens is 1080 g/mol. The zero-order chi connectivity index (χ0) is 68.9. The third-order valence-electron chi connectivity index (χ3n) is 15.5. The summed E-state index contributed by atoms with van der Waals surface area (Å²) in [4.78, 5) is 46.4. The monoisotopic (exact) mass is 1190 g/mol. The fourth-order valence-electron chi connectivity index (χ4n) is 11.6. The van der Waals surface area contributed by atoms with Crippen LogP contribution >= 0.6 is 0 Å². The Morgan fingerprint density at radius 1 is 0.619 bits per heavy atom. The minimum atomic E-state index is -2.17. The van der Waals surface area contributed by atoms with E-state index in [0.717, 1.165) is 23.5 Å². The zero-order valence-electron chi connectivity index (χ0n) is 61.7. The van der Waals surface area contributed by atoms with Crippen LogP contribution in [-0.2, 0) is 45.3 Å². The molecule has 0 saturated carbocycles. The Labute approximate surface area is 516 Å². The van der Waals surface area contributed by atoms with E-state index in [0.29, 0.717) is 50.0 Å². The van der Waals surface area contributed by atoms with Crippen molar-refractivity contribution in [1.82, 2.24) is 29.1 Å². The van der Waals surface area contributed by atoms with Gasteiger partial charge in [-0.1, -0.05) is 91.2 Å². The second-order valence-electron chi connectivity index (χ2n) is 29.9. The first-order valence-corrected chi connectivity index (χ1v) is 37.3. The molecule has 2 fully saturated rings. The number of pyridine rings is 2. The topological polar surface area (TPSA) is 180 Å². The number of hydrogen-bond acceptors (Lipinski definition) is 12. The SMILES string of the molecule is [2H]C1=C(c2nc(C3CC(C)(C)OC(C)(C)C3)ccc2CC(=O)c2nc(C#N)cn2COCC[Si](C)(C)C)C([2H])([2H])C([2H])C(C)(C)C1.[2H]C1=C(c2nc(C3CC(C)(C)OC(C)(C)C3)ccc2CC(=O)c2nc(C#N)cn2COCC[Si](C)(C)C)C([2H])([2H])CC(C)(C)C1[2H]. The highest BCUT2D eigenvalue weighted by Crippen LogP contribution is 2.46. The van der Waals surface area contributed by atoms with E-state index in [9.17, 15) is 20.1 Å². The molecule has 4 aliphatic rings. The number of rotatable bonds is 20. The van der Waals surface area contributed by atoms with Crippen LogP contribution < -0.4 is 0 Å². The highest BCUT2D eigenvalue weighted by Gasteiger charge is 2.42. The molecule has 0 N–H and O–H groups in total. The molecule has 6 heterocycles. The van der Waals surface area contributed by atoms with Crippen molar-refractivity contribution in [1.29, 1.82) is 10.5 Å². The lowest BCUT2D eigenvalue weighted by atomic mass is 9.76. The van der Waals surface area contributed by atoms with Crippen molar-refractivity contribution in [3.8, 4) is 12.1 Å². The quantitative estimate of drug-likeness (QED) is 0.0465. The lowest BCUT2D eigenvalue weighted by molar-refractivity contribution is -0.162. The smallest absolute Gasteiger partial charge is 0.202 e. The number of carbonyl (C=O) groups is 2. The summed E-state index contributed by atoms with van der Waals surface area (Å²) in [6.45, 7) is 38.5. The van der Waals surface area contributed by atoms with Crippen LogP contribution in [0.1, 0.15) is 236 Å². The second-order valence-corrected chi connectivity index (χ2v) is 41.2. The van der Waals surface area contributed by atoms with Gasteiger partial charge in [0.1, 0.15) is 25.6 Å². The molecule has 456 valence electrons. The van der Waals surface area contributed by atoms with E-state index < -0.39 is 74.9 Å². The van der Waals surface area contributed by atoms with Crippen LogP contribution in [0.2, 0.25) is 51.4 Å². The van der Waals surface area contributed by atoms with E-state index in [-0.39, 0.29) is 120 Å². The fourth-order valence-corrected chi connectivity index (χ4v) is 13.1. The van der Waals surface area contributed by atoms with Gasteiger partial charge in [0.05, 0.1) is 36.5 Å². The molecule has 2 atom stereocenters. The molecule has 4 aromatic heterocycles. The Balaban J connectivity index is 0.000000261. The largest absolute Gasteiger partial charge is 0.370 e. The van der Waals surface area contributed by atoms with Crippen molar-refractivity contribution in [2.45, 2.75) is 259 Å². The van der Waals surface area contributed by atoms with Crippen molar-refractivity contribution < 1.29 is 39.5 Å². The van der Waals surface area contributed by atoms with Crippen LogP contribution in [0, 0.1) is 33.5 Å². The molecule has 2 aliphatic carbocycles. The van der Waals surface area contributed by atoms with Crippen LogP contribution in [0.15, 0.2) is 48.8 Å². The Hall–Kier alpha value is -5.21. The predicted octanol–water partition coefficient (Wildman–Crippen LogP) is 15.9. The van der Waals surface area contributed by atoms with E-state index in [1.807, 2.05) is 64.1 Å². The van der Waals surface area contributed by atoms with Gasteiger partial charge < -0.3 is 28.1 Å². The lowest BCUT2D eigenvalue weighted by Gasteiger charge is -2.45. The Morgan fingerprint density at radius 2 is 1.02 bits per heavy atom. The predicted molar refractivity (Wildman–Crippen MR) is 340 cm³/mol. The van der Waals surface area contributed by atoms with Crippen molar-refractivity contribution in [2.75, 3.05) is 13.2 Å². The van der Waals surface area contributed by atoms with Gasteiger partial charge in [-0.15, -0.1) is 0 Å². The van der Waals surface area contributed by atoms with Gasteiger partial charge in [0, 0.05) is 86.0 Å². The van der Waals surface area contributed by atoms with Gasteiger partial charge >= 0.3 is 0 Å². The summed E-state index contributed by atoms with van der Waals surface area (Å²) < 4.78 is 99.5. The van der Waals surface area contributed by atoms with Crippen LogP contribution in [0.5, 0.6) is 0 Å². The van der Waals surface area contributed by atoms with E-state index in [1.54, 1.807) is 9.13 Å². The van der Waals surface area contributed by atoms with E-state index >= 15 is 0 Å². The summed E-state index contributed by atoms with van der Waals surface area (Å²) in [6, 6.07) is 13.3. The highest BCUT2D eigenvalue weighted by atomic mass is 28.3. The number of hydrogen-bond donors (Lipinski definition) is 0. The molecule has 0 amide bonds. The molecule has 84 heavy (non-hydrogen) atoms. The fraction of sp³-hybridized carbons (Fsp3) is 0.647. The molecule has 0 spiro atoms. The summed E-state index contributed by atoms with van der Waals surface area (Å²) in [6.07, 6.45) is -0.401. The van der Waals surface area contributed by atoms with Gasteiger partial charge in [-0.05, 0) is 177 Å². The molecule has 2 unspecified atom stereocenters. The number of Topliss-reactive ketones (excluding diaryl/α,β-unsaturated/α-hetero) is 2. The first-order valence-electron chi connectivity index (χ1n) is 34.1. The molecule has 8 rings (SSSR count). The molecule has 2 saturated heterocycles. The molecule has 0 aromatic carbocycles. The first kappa shape index (κ1) is 55.4. The van der Waals surface area contributed by atoms with Gasteiger partial charge in [0.25, 0.3) is 0 Å². The van der Waals surface area contributed by atoms with Crippen molar-refractivity contribution >= 4 is 38.9 Å². The number of allylic oxidation sites excluding steroid dienone is 4. The van der Waals surface area contributed by atoms with Crippen LogP contribution in [0.25, 0.3) is 11.1 Å². The number of ketones is 2.